The van der Waals surface area contributed by atoms with E-state index in [0.29, 0.717) is 12.2 Å². The highest BCUT2D eigenvalue weighted by Gasteiger charge is 2.35. The van der Waals surface area contributed by atoms with Crippen molar-refractivity contribution in [2.75, 3.05) is 0 Å². The lowest BCUT2D eigenvalue weighted by molar-refractivity contribution is -0.144. The van der Waals surface area contributed by atoms with Crippen molar-refractivity contribution in [3.05, 3.63) is 41.6 Å². The Balaban J connectivity index is 1.73. The van der Waals surface area contributed by atoms with Gasteiger partial charge in [-0.3, -0.25) is 9.89 Å². The van der Waals surface area contributed by atoms with Gasteiger partial charge in [0.05, 0.1) is 6.26 Å². The van der Waals surface area contributed by atoms with E-state index < -0.39 is 17.9 Å². The van der Waals surface area contributed by atoms with Gasteiger partial charge in [0.2, 0.25) is 11.6 Å². The van der Waals surface area contributed by atoms with Crippen LogP contribution in [-0.2, 0) is 12.6 Å². The summed E-state index contributed by atoms with van der Waals surface area (Å²) in [6, 6.07) is 3.25. The van der Waals surface area contributed by atoms with Crippen molar-refractivity contribution in [2.45, 2.75) is 32.5 Å². The Kier molecular flexibility index (Phi) is 4.49. The predicted molar refractivity (Wildman–Crippen MR) is 80.4 cm³/mol. The summed E-state index contributed by atoms with van der Waals surface area (Å²) in [7, 11) is 0. The van der Waals surface area contributed by atoms with Gasteiger partial charge < -0.3 is 9.73 Å². The van der Waals surface area contributed by atoms with Crippen LogP contribution >= 0.6 is 0 Å². The first-order chi connectivity index (χ1) is 12.2. The van der Waals surface area contributed by atoms with Gasteiger partial charge in [-0.2, -0.15) is 22.8 Å². The first-order valence-electron chi connectivity index (χ1n) is 7.51. The summed E-state index contributed by atoms with van der Waals surface area (Å²) in [5, 5.41) is 11.8. The summed E-state index contributed by atoms with van der Waals surface area (Å²) in [6.07, 6.45) is -2.67. The summed E-state index contributed by atoms with van der Waals surface area (Å²) in [5.41, 5.74) is 0. The summed E-state index contributed by atoms with van der Waals surface area (Å²) in [6.45, 7) is 3.24. The van der Waals surface area contributed by atoms with Gasteiger partial charge in [-0.05, 0) is 26.0 Å². The second kappa shape index (κ2) is 6.61. The van der Waals surface area contributed by atoms with Crippen LogP contribution in [0, 0.1) is 6.92 Å². The summed E-state index contributed by atoms with van der Waals surface area (Å²) >= 11 is 0. The largest absolute Gasteiger partial charge is 0.469 e. The van der Waals surface area contributed by atoms with Crippen LogP contribution in [0.25, 0.3) is 5.95 Å². The SMILES string of the molecule is Cc1nc(C(=O)NC(C)Cc2ccco2)nn1-c1n[nH]c(C(F)(F)F)n1. The highest BCUT2D eigenvalue weighted by Crippen LogP contribution is 2.26. The molecule has 138 valence electrons. The van der Waals surface area contributed by atoms with E-state index in [-0.39, 0.29) is 23.6 Å². The van der Waals surface area contributed by atoms with Crippen molar-refractivity contribution >= 4 is 5.91 Å². The fourth-order valence-corrected chi connectivity index (χ4v) is 2.22. The van der Waals surface area contributed by atoms with Gasteiger partial charge >= 0.3 is 6.18 Å². The molecule has 0 aliphatic carbocycles. The van der Waals surface area contributed by atoms with Crippen molar-refractivity contribution in [3.8, 4) is 5.95 Å². The van der Waals surface area contributed by atoms with Gasteiger partial charge in [0.1, 0.15) is 11.6 Å². The van der Waals surface area contributed by atoms with E-state index in [1.165, 1.54) is 13.2 Å². The molecule has 0 aromatic carbocycles. The molecule has 3 rings (SSSR count). The third-order valence-corrected chi connectivity index (χ3v) is 3.37. The number of nitrogens with one attached hydrogen (secondary N) is 2. The second-order valence-electron chi connectivity index (χ2n) is 5.53. The molecule has 0 saturated heterocycles. The highest BCUT2D eigenvalue weighted by atomic mass is 19.4. The number of alkyl halides is 3. The van der Waals surface area contributed by atoms with E-state index >= 15 is 0 Å². The predicted octanol–water partition coefficient (Wildman–Crippen LogP) is 1.67. The van der Waals surface area contributed by atoms with E-state index in [9.17, 15) is 18.0 Å². The molecule has 0 fully saturated rings. The number of halogens is 3. The van der Waals surface area contributed by atoms with E-state index in [0.717, 1.165) is 4.68 Å². The molecule has 1 amide bonds. The Morgan fingerprint density at radius 1 is 1.42 bits per heavy atom. The Labute approximate surface area is 144 Å². The van der Waals surface area contributed by atoms with Crippen molar-refractivity contribution in [2.24, 2.45) is 0 Å². The molecule has 1 unspecified atom stereocenters. The number of rotatable bonds is 5. The number of aromatic amines is 1. The number of amides is 1. The molecular formula is C14H14F3N7O2. The van der Waals surface area contributed by atoms with Gasteiger partial charge in [-0.15, -0.1) is 10.2 Å². The quantitative estimate of drug-likeness (QED) is 0.707. The second-order valence-corrected chi connectivity index (χ2v) is 5.53. The lowest BCUT2D eigenvalue weighted by Crippen LogP contribution is -2.34. The average Bonchev–Trinajstić information content (AvgIpc) is 3.25. The van der Waals surface area contributed by atoms with Crippen LogP contribution in [0.15, 0.2) is 22.8 Å². The molecule has 0 aliphatic heterocycles. The van der Waals surface area contributed by atoms with Gasteiger partial charge in [0, 0.05) is 12.5 Å². The van der Waals surface area contributed by atoms with Crippen molar-refractivity contribution < 1.29 is 22.4 Å². The Morgan fingerprint density at radius 2 is 2.19 bits per heavy atom. The molecule has 0 saturated carbocycles. The summed E-state index contributed by atoms with van der Waals surface area (Å²) < 4.78 is 44.0. The van der Waals surface area contributed by atoms with Crippen LogP contribution in [0.2, 0.25) is 0 Å². The molecule has 2 N–H and O–H groups in total. The molecule has 9 nitrogen and oxygen atoms in total. The zero-order valence-electron chi connectivity index (χ0n) is 13.7. The van der Waals surface area contributed by atoms with Gasteiger partial charge in [0.25, 0.3) is 11.9 Å². The Morgan fingerprint density at radius 3 is 2.81 bits per heavy atom. The van der Waals surface area contributed by atoms with Crippen LogP contribution in [-0.4, -0.2) is 41.9 Å². The number of aryl methyl sites for hydroxylation is 1. The number of furan rings is 1. The van der Waals surface area contributed by atoms with Crippen molar-refractivity contribution in [3.63, 3.8) is 0 Å². The van der Waals surface area contributed by atoms with Gasteiger partial charge in [-0.25, -0.2) is 4.98 Å². The maximum Gasteiger partial charge on any atom is 0.451 e. The Hall–Kier alpha value is -3.18. The number of hydrogen-bond acceptors (Lipinski definition) is 6. The van der Waals surface area contributed by atoms with Crippen LogP contribution < -0.4 is 5.32 Å². The maximum atomic E-state index is 12.6. The maximum absolute atomic E-state index is 12.6. The smallest absolute Gasteiger partial charge is 0.451 e. The topological polar surface area (TPSA) is 115 Å². The summed E-state index contributed by atoms with van der Waals surface area (Å²) in [4.78, 5) is 19.5. The molecule has 1 atom stereocenters. The molecular weight excluding hydrogens is 355 g/mol. The molecule has 26 heavy (non-hydrogen) atoms. The van der Waals surface area contributed by atoms with Gasteiger partial charge in [-0.1, -0.05) is 0 Å². The van der Waals surface area contributed by atoms with E-state index in [4.69, 9.17) is 4.42 Å². The molecule has 0 spiro atoms. The van der Waals surface area contributed by atoms with E-state index in [2.05, 4.69) is 25.5 Å². The molecule has 0 aliphatic rings. The normalized spacial score (nSPS) is 13.0. The van der Waals surface area contributed by atoms with Crippen molar-refractivity contribution in [1.82, 2.24) is 35.3 Å². The number of hydrogen-bond donors (Lipinski definition) is 2. The molecule has 12 heteroatoms. The molecule has 0 bridgehead atoms. The first kappa shape index (κ1) is 17.6. The first-order valence-corrected chi connectivity index (χ1v) is 7.51. The van der Waals surface area contributed by atoms with Gasteiger partial charge in [0.15, 0.2) is 0 Å². The third-order valence-electron chi connectivity index (χ3n) is 3.37. The number of nitrogens with zero attached hydrogens (tertiary/aromatic N) is 5. The zero-order chi connectivity index (χ0) is 18.9. The molecule has 0 radical (unpaired) electrons. The monoisotopic (exact) mass is 369 g/mol. The zero-order valence-corrected chi connectivity index (χ0v) is 13.7. The average molecular weight is 369 g/mol. The Bertz CT molecular complexity index is 898. The molecule has 3 heterocycles. The fourth-order valence-electron chi connectivity index (χ4n) is 2.22. The number of carbonyl (C=O) groups is 1. The number of H-pyrrole nitrogens is 1. The third kappa shape index (κ3) is 3.73. The molecule has 3 aromatic heterocycles. The standard InChI is InChI=1S/C14H14F3N7O2/c1-7(6-9-4-3-5-26-9)18-11(25)10-19-8(2)24(23-10)13-20-12(21-22-13)14(15,16)17/h3-5,7H,6H2,1-2H3,(H,18,25)(H,20,21,22). The highest BCUT2D eigenvalue weighted by molar-refractivity contribution is 5.90. The minimum atomic E-state index is -4.67. The summed E-state index contributed by atoms with van der Waals surface area (Å²) in [5.74, 6) is -1.52. The van der Waals surface area contributed by atoms with Crippen LogP contribution in [0.5, 0.6) is 0 Å². The van der Waals surface area contributed by atoms with Crippen molar-refractivity contribution in [1.29, 1.82) is 0 Å². The molecule has 3 aromatic rings. The van der Waals surface area contributed by atoms with E-state index in [1.54, 1.807) is 24.2 Å². The minimum Gasteiger partial charge on any atom is -0.469 e. The van der Waals surface area contributed by atoms with Crippen LogP contribution in [0.1, 0.15) is 35.0 Å². The number of carbonyl (C=O) groups excluding carboxylic acids is 1. The van der Waals surface area contributed by atoms with Crippen LogP contribution in [0.3, 0.4) is 0 Å². The minimum absolute atomic E-state index is 0.168. The lowest BCUT2D eigenvalue weighted by atomic mass is 10.2. The lowest BCUT2D eigenvalue weighted by Gasteiger charge is -2.10. The fraction of sp³-hybridized carbons (Fsp3) is 0.357. The number of aromatic nitrogens is 6. The van der Waals surface area contributed by atoms with E-state index in [1.807, 2.05) is 0 Å². The van der Waals surface area contributed by atoms with Crippen LogP contribution in [0.4, 0.5) is 13.2 Å².